The minimum absolute atomic E-state index is 0.0800. The van der Waals surface area contributed by atoms with E-state index in [2.05, 4.69) is 46.6 Å². The van der Waals surface area contributed by atoms with Crippen molar-refractivity contribution >= 4 is 5.91 Å². The second-order valence-corrected chi connectivity index (χ2v) is 6.65. The normalized spacial score (nSPS) is 12.2. The highest BCUT2D eigenvalue weighted by molar-refractivity contribution is 5.79. The summed E-state index contributed by atoms with van der Waals surface area (Å²) < 4.78 is 1.61. The molecule has 6 heteroatoms. The molecule has 3 aromatic rings. The lowest BCUT2D eigenvalue weighted by molar-refractivity contribution is -0.121. The Balaban J connectivity index is 1.75. The minimum Gasteiger partial charge on any atom is -0.342 e. The van der Waals surface area contributed by atoms with Crippen molar-refractivity contribution in [1.29, 1.82) is 0 Å². The van der Waals surface area contributed by atoms with E-state index in [0.717, 1.165) is 11.3 Å². The predicted octanol–water partition coefficient (Wildman–Crippen LogP) is 2.78. The summed E-state index contributed by atoms with van der Waals surface area (Å²) in [7, 11) is 1.80. The number of aryl methyl sites for hydroxylation is 1. The number of benzene rings is 1. The predicted molar refractivity (Wildman–Crippen MR) is 99.5 cm³/mol. The molecule has 1 atom stereocenters. The quantitative estimate of drug-likeness (QED) is 0.743. The first-order valence-electron chi connectivity index (χ1n) is 8.68. The van der Waals surface area contributed by atoms with E-state index < -0.39 is 6.04 Å². The van der Waals surface area contributed by atoms with Gasteiger partial charge in [0.05, 0.1) is 18.3 Å². The van der Waals surface area contributed by atoms with Crippen LogP contribution in [0.1, 0.15) is 48.3 Å². The Kier molecular flexibility index (Phi) is 5.41. The maximum Gasteiger partial charge on any atom is 0.225 e. The SMILES string of the molecule is CC(C)c1ccc(CC(=O)NC(c2ccccn2)c2cn(C)nn2)cc1. The maximum absolute atomic E-state index is 12.6. The van der Waals surface area contributed by atoms with E-state index in [1.165, 1.54) is 5.56 Å². The van der Waals surface area contributed by atoms with Crippen molar-refractivity contribution in [2.75, 3.05) is 0 Å². The molecule has 3 rings (SSSR count). The fourth-order valence-corrected chi connectivity index (χ4v) is 2.76. The standard InChI is InChI=1S/C20H23N5O/c1-14(2)16-9-7-15(8-10-16)12-19(26)22-20(17-6-4-5-11-21-17)18-13-25(3)24-23-18/h4-11,13-14,20H,12H2,1-3H3,(H,22,26). The van der Waals surface area contributed by atoms with Gasteiger partial charge >= 0.3 is 0 Å². The summed E-state index contributed by atoms with van der Waals surface area (Å²) in [6.07, 6.45) is 3.80. The van der Waals surface area contributed by atoms with E-state index in [0.29, 0.717) is 18.0 Å². The third-order valence-electron chi connectivity index (χ3n) is 4.22. The molecule has 0 radical (unpaired) electrons. The van der Waals surface area contributed by atoms with Gasteiger partial charge in [-0.1, -0.05) is 49.4 Å². The lowest BCUT2D eigenvalue weighted by atomic mass is 10.0. The van der Waals surface area contributed by atoms with Crippen molar-refractivity contribution in [3.8, 4) is 0 Å². The Hall–Kier alpha value is -3.02. The van der Waals surface area contributed by atoms with Gasteiger partial charge in [0.1, 0.15) is 11.7 Å². The van der Waals surface area contributed by atoms with Crippen LogP contribution >= 0.6 is 0 Å². The summed E-state index contributed by atoms with van der Waals surface area (Å²) in [4.78, 5) is 17.0. The average Bonchev–Trinajstić information content (AvgIpc) is 3.07. The molecule has 0 spiro atoms. The van der Waals surface area contributed by atoms with E-state index in [9.17, 15) is 4.79 Å². The molecular formula is C20H23N5O. The van der Waals surface area contributed by atoms with Crippen molar-refractivity contribution in [3.63, 3.8) is 0 Å². The Morgan fingerprint density at radius 3 is 2.46 bits per heavy atom. The van der Waals surface area contributed by atoms with Gasteiger partial charge in [0.2, 0.25) is 5.91 Å². The highest BCUT2D eigenvalue weighted by Crippen LogP contribution is 2.19. The molecule has 0 saturated carbocycles. The van der Waals surface area contributed by atoms with Crippen LogP contribution in [0.3, 0.4) is 0 Å². The molecular weight excluding hydrogens is 326 g/mol. The number of rotatable bonds is 6. The number of nitrogens with one attached hydrogen (secondary N) is 1. The molecule has 0 fully saturated rings. The molecule has 1 amide bonds. The van der Waals surface area contributed by atoms with Crippen LogP contribution < -0.4 is 5.32 Å². The highest BCUT2D eigenvalue weighted by Gasteiger charge is 2.21. The maximum atomic E-state index is 12.6. The Morgan fingerprint density at radius 2 is 1.88 bits per heavy atom. The topological polar surface area (TPSA) is 72.7 Å². The van der Waals surface area contributed by atoms with E-state index in [-0.39, 0.29) is 5.91 Å². The molecule has 134 valence electrons. The van der Waals surface area contributed by atoms with Crippen LogP contribution in [-0.2, 0) is 18.3 Å². The van der Waals surface area contributed by atoms with Crippen molar-refractivity contribution < 1.29 is 4.79 Å². The second-order valence-electron chi connectivity index (χ2n) is 6.65. The number of pyridine rings is 1. The zero-order valence-electron chi connectivity index (χ0n) is 15.3. The molecule has 2 aromatic heterocycles. The van der Waals surface area contributed by atoms with E-state index in [1.807, 2.05) is 30.3 Å². The summed E-state index contributed by atoms with van der Waals surface area (Å²) in [6, 6.07) is 13.3. The third-order valence-corrected chi connectivity index (χ3v) is 4.22. The van der Waals surface area contributed by atoms with Crippen LogP contribution in [0.15, 0.2) is 54.9 Å². The fourth-order valence-electron chi connectivity index (χ4n) is 2.76. The number of hydrogen-bond acceptors (Lipinski definition) is 4. The van der Waals surface area contributed by atoms with Crippen molar-refractivity contribution in [3.05, 3.63) is 77.4 Å². The molecule has 2 heterocycles. The van der Waals surface area contributed by atoms with Crippen LogP contribution in [0.2, 0.25) is 0 Å². The molecule has 6 nitrogen and oxygen atoms in total. The first-order valence-corrected chi connectivity index (χ1v) is 8.68. The van der Waals surface area contributed by atoms with Crippen LogP contribution in [0.25, 0.3) is 0 Å². The van der Waals surface area contributed by atoms with Gasteiger partial charge in [-0.25, -0.2) is 0 Å². The van der Waals surface area contributed by atoms with Gasteiger partial charge in [-0.15, -0.1) is 5.10 Å². The largest absolute Gasteiger partial charge is 0.342 e. The van der Waals surface area contributed by atoms with Gasteiger partial charge < -0.3 is 5.32 Å². The van der Waals surface area contributed by atoms with Crippen molar-refractivity contribution in [1.82, 2.24) is 25.3 Å². The molecule has 0 saturated heterocycles. The minimum atomic E-state index is -0.424. The number of hydrogen-bond donors (Lipinski definition) is 1. The van der Waals surface area contributed by atoms with Crippen LogP contribution in [-0.4, -0.2) is 25.9 Å². The number of amides is 1. The number of nitrogens with zero attached hydrogens (tertiary/aromatic N) is 4. The monoisotopic (exact) mass is 349 g/mol. The van der Waals surface area contributed by atoms with Gasteiger partial charge in [-0.2, -0.15) is 0 Å². The summed E-state index contributed by atoms with van der Waals surface area (Å²) in [6.45, 7) is 4.31. The number of aromatic nitrogens is 4. The van der Waals surface area contributed by atoms with Crippen LogP contribution in [0, 0.1) is 0 Å². The van der Waals surface area contributed by atoms with Gasteiger partial charge in [0.25, 0.3) is 0 Å². The third kappa shape index (κ3) is 4.33. The van der Waals surface area contributed by atoms with Crippen LogP contribution in [0.4, 0.5) is 0 Å². The van der Waals surface area contributed by atoms with Crippen LogP contribution in [0.5, 0.6) is 0 Å². The summed E-state index contributed by atoms with van der Waals surface area (Å²) in [5.41, 5.74) is 3.64. The number of carbonyl (C=O) groups excluding carboxylic acids is 1. The Labute approximate surface area is 153 Å². The molecule has 0 aliphatic rings. The van der Waals surface area contributed by atoms with E-state index in [4.69, 9.17) is 0 Å². The number of carbonyl (C=O) groups is 1. The molecule has 1 N–H and O–H groups in total. The van der Waals surface area contributed by atoms with Gasteiger partial charge in [-0.05, 0) is 29.2 Å². The lowest BCUT2D eigenvalue weighted by Gasteiger charge is -2.16. The van der Waals surface area contributed by atoms with Gasteiger partial charge in [0, 0.05) is 13.2 Å². The summed E-state index contributed by atoms with van der Waals surface area (Å²) in [5.74, 6) is 0.395. The first-order chi connectivity index (χ1) is 12.5. The zero-order valence-corrected chi connectivity index (χ0v) is 15.3. The molecule has 1 unspecified atom stereocenters. The lowest BCUT2D eigenvalue weighted by Crippen LogP contribution is -2.31. The molecule has 0 bridgehead atoms. The molecule has 0 aliphatic carbocycles. The molecule has 0 aliphatic heterocycles. The van der Waals surface area contributed by atoms with E-state index >= 15 is 0 Å². The van der Waals surface area contributed by atoms with Crippen molar-refractivity contribution in [2.45, 2.75) is 32.2 Å². The zero-order chi connectivity index (χ0) is 18.5. The molecule has 1 aromatic carbocycles. The Bertz CT molecular complexity index is 855. The highest BCUT2D eigenvalue weighted by atomic mass is 16.1. The fraction of sp³-hybridized carbons (Fsp3) is 0.300. The van der Waals surface area contributed by atoms with Gasteiger partial charge in [0.15, 0.2) is 0 Å². The average molecular weight is 349 g/mol. The summed E-state index contributed by atoms with van der Waals surface area (Å²) in [5, 5.41) is 11.1. The first kappa shape index (κ1) is 17.8. The Morgan fingerprint density at radius 1 is 1.12 bits per heavy atom. The smallest absolute Gasteiger partial charge is 0.225 e. The molecule has 26 heavy (non-hydrogen) atoms. The van der Waals surface area contributed by atoms with E-state index in [1.54, 1.807) is 24.1 Å². The second kappa shape index (κ2) is 7.91. The van der Waals surface area contributed by atoms with Crippen molar-refractivity contribution in [2.24, 2.45) is 7.05 Å². The van der Waals surface area contributed by atoms with Gasteiger partial charge in [-0.3, -0.25) is 14.5 Å². The summed E-state index contributed by atoms with van der Waals surface area (Å²) >= 11 is 0.